The topological polar surface area (TPSA) is 21.3 Å². The molecule has 2 heteroatoms. The molecule has 1 N–H and O–H groups in total. The first-order valence-corrected chi connectivity index (χ1v) is 5.33. The van der Waals surface area contributed by atoms with E-state index in [-0.39, 0.29) is 0 Å². The SMILES string of the molecule is CNC(C1=CCCCO1)C1CC1C. The third-order valence-corrected chi connectivity index (χ3v) is 3.18. The van der Waals surface area contributed by atoms with E-state index in [1.54, 1.807) is 0 Å². The number of nitrogens with one attached hydrogen (secondary N) is 1. The van der Waals surface area contributed by atoms with Gasteiger partial charge in [0.2, 0.25) is 0 Å². The highest BCUT2D eigenvalue weighted by atomic mass is 16.5. The lowest BCUT2D eigenvalue weighted by atomic mass is 10.1. The Kier molecular flexibility index (Phi) is 2.58. The molecule has 0 aromatic heterocycles. The quantitative estimate of drug-likeness (QED) is 0.718. The van der Waals surface area contributed by atoms with E-state index in [0.717, 1.165) is 18.4 Å². The minimum absolute atomic E-state index is 0.482. The molecule has 3 atom stereocenters. The molecule has 74 valence electrons. The summed E-state index contributed by atoms with van der Waals surface area (Å²) in [7, 11) is 2.04. The van der Waals surface area contributed by atoms with Gasteiger partial charge in [-0.25, -0.2) is 0 Å². The maximum atomic E-state index is 5.68. The predicted octanol–water partition coefficient (Wildman–Crippen LogP) is 1.92. The number of allylic oxidation sites excluding steroid dienone is 1. The Bertz CT molecular complexity index is 212. The molecule has 0 radical (unpaired) electrons. The molecule has 1 saturated carbocycles. The van der Waals surface area contributed by atoms with Crippen LogP contribution in [0.5, 0.6) is 0 Å². The third-order valence-electron chi connectivity index (χ3n) is 3.18. The van der Waals surface area contributed by atoms with Crippen molar-refractivity contribution in [2.24, 2.45) is 11.8 Å². The van der Waals surface area contributed by atoms with Crippen LogP contribution in [-0.2, 0) is 4.74 Å². The van der Waals surface area contributed by atoms with Crippen molar-refractivity contribution in [1.82, 2.24) is 5.32 Å². The van der Waals surface area contributed by atoms with Crippen molar-refractivity contribution in [2.45, 2.75) is 32.2 Å². The van der Waals surface area contributed by atoms with Gasteiger partial charge in [0.1, 0.15) is 5.76 Å². The van der Waals surface area contributed by atoms with Gasteiger partial charge < -0.3 is 10.1 Å². The molecule has 2 aliphatic rings. The van der Waals surface area contributed by atoms with E-state index in [0.29, 0.717) is 6.04 Å². The molecule has 0 saturated heterocycles. The van der Waals surface area contributed by atoms with Crippen LogP contribution in [0.1, 0.15) is 26.2 Å². The Morgan fingerprint density at radius 3 is 2.85 bits per heavy atom. The minimum Gasteiger partial charge on any atom is -0.497 e. The summed E-state index contributed by atoms with van der Waals surface area (Å²) in [5.41, 5.74) is 0. The van der Waals surface area contributed by atoms with E-state index in [1.165, 1.54) is 25.0 Å². The molecule has 0 bridgehead atoms. The van der Waals surface area contributed by atoms with Crippen molar-refractivity contribution < 1.29 is 4.74 Å². The lowest BCUT2D eigenvalue weighted by Crippen LogP contribution is -2.32. The number of likely N-dealkylation sites (N-methyl/N-ethyl adjacent to an activating group) is 1. The summed E-state index contributed by atoms with van der Waals surface area (Å²) in [5.74, 6) is 2.89. The number of rotatable bonds is 3. The molecule has 0 aromatic carbocycles. The number of hydrogen-bond donors (Lipinski definition) is 1. The third kappa shape index (κ3) is 1.88. The summed E-state index contributed by atoms with van der Waals surface area (Å²) in [6.07, 6.45) is 5.98. The van der Waals surface area contributed by atoms with E-state index in [4.69, 9.17) is 4.74 Å². The van der Waals surface area contributed by atoms with Crippen LogP contribution in [-0.4, -0.2) is 19.7 Å². The molecule has 2 rings (SSSR count). The Morgan fingerprint density at radius 2 is 2.38 bits per heavy atom. The maximum Gasteiger partial charge on any atom is 0.109 e. The molecule has 1 aliphatic carbocycles. The minimum atomic E-state index is 0.482. The van der Waals surface area contributed by atoms with E-state index in [9.17, 15) is 0 Å². The van der Waals surface area contributed by atoms with Crippen LogP contribution in [0.4, 0.5) is 0 Å². The number of hydrogen-bond acceptors (Lipinski definition) is 2. The van der Waals surface area contributed by atoms with Gasteiger partial charge in [-0.2, -0.15) is 0 Å². The molecule has 0 aromatic rings. The zero-order valence-corrected chi connectivity index (χ0v) is 8.55. The second kappa shape index (κ2) is 3.70. The van der Waals surface area contributed by atoms with Gasteiger partial charge >= 0.3 is 0 Å². The Morgan fingerprint density at radius 1 is 1.62 bits per heavy atom. The standard InChI is InChI=1S/C11H19NO/c1-8-7-9(8)11(12-2)10-5-3-4-6-13-10/h5,8-9,11-12H,3-4,6-7H2,1-2H3. The van der Waals surface area contributed by atoms with Crippen molar-refractivity contribution >= 4 is 0 Å². The average molecular weight is 181 g/mol. The Balaban J connectivity index is 1.99. The van der Waals surface area contributed by atoms with Crippen molar-refractivity contribution in [3.05, 3.63) is 11.8 Å². The second-order valence-corrected chi connectivity index (χ2v) is 4.24. The molecular formula is C11H19NO. The van der Waals surface area contributed by atoms with Crippen LogP contribution in [0.25, 0.3) is 0 Å². The van der Waals surface area contributed by atoms with Gasteiger partial charge in [0.15, 0.2) is 0 Å². The first-order chi connectivity index (χ1) is 6.33. The summed E-state index contributed by atoms with van der Waals surface area (Å²) in [4.78, 5) is 0. The average Bonchev–Trinajstić information content (AvgIpc) is 2.86. The summed E-state index contributed by atoms with van der Waals surface area (Å²) >= 11 is 0. The smallest absolute Gasteiger partial charge is 0.109 e. The molecule has 13 heavy (non-hydrogen) atoms. The van der Waals surface area contributed by atoms with E-state index in [2.05, 4.69) is 18.3 Å². The highest BCUT2D eigenvalue weighted by Crippen LogP contribution is 2.43. The van der Waals surface area contributed by atoms with Crippen LogP contribution < -0.4 is 5.32 Å². The zero-order chi connectivity index (χ0) is 9.26. The Labute approximate surface area is 80.4 Å². The first-order valence-electron chi connectivity index (χ1n) is 5.33. The first kappa shape index (κ1) is 9.07. The second-order valence-electron chi connectivity index (χ2n) is 4.24. The van der Waals surface area contributed by atoms with Crippen molar-refractivity contribution in [1.29, 1.82) is 0 Å². The largest absolute Gasteiger partial charge is 0.497 e. The molecule has 1 aliphatic heterocycles. The molecule has 0 spiro atoms. The van der Waals surface area contributed by atoms with Crippen LogP contribution in [0.2, 0.25) is 0 Å². The fourth-order valence-electron chi connectivity index (χ4n) is 2.18. The van der Waals surface area contributed by atoms with Crippen molar-refractivity contribution in [3.8, 4) is 0 Å². The van der Waals surface area contributed by atoms with Crippen molar-refractivity contribution in [2.75, 3.05) is 13.7 Å². The number of ether oxygens (including phenoxy) is 1. The lowest BCUT2D eigenvalue weighted by molar-refractivity contribution is 0.163. The monoisotopic (exact) mass is 181 g/mol. The van der Waals surface area contributed by atoms with Crippen LogP contribution >= 0.6 is 0 Å². The van der Waals surface area contributed by atoms with Gasteiger partial charge in [0.25, 0.3) is 0 Å². The van der Waals surface area contributed by atoms with E-state index >= 15 is 0 Å². The van der Waals surface area contributed by atoms with Gasteiger partial charge in [0.05, 0.1) is 12.6 Å². The van der Waals surface area contributed by atoms with Crippen molar-refractivity contribution in [3.63, 3.8) is 0 Å². The molecule has 2 nitrogen and oxygen atoms in total. The lowest BCUT2D eigenvalue weighted by Gasteiger charge is -2.23. The molecule has 3 unspecified atom stereocenters. The summed E-state index contributed by atoms with van der Waals surface area (Å²) in [6, 6.07) is 0.482. The van der Waals surface area contributed by atoms with Crippen LogP contribution in [0.15, 0.2) is 11.8 Å². The van der Waals surface area contributed by atoms with Gasteiger partial charge in [-0.15, -0.1) is 0 Å². The van der Waals surface area contributed by atoms with E-state index in [1.807, 2.05) is 7.05 Å². The van der Waals surface area contributed by atoms with Gasteiger partial charge in [-0.1, -0.05) is 6.92 Å². The summed E-state index contributed by atoms with van der Waals surface area (Å²) in [6.45, 7) is 3.23. The van der Waals surface area contributed by atoms with Gasteiger partial charge in [-0.3, -0.25) is 0 Å². The fourth-order valence-corrected chi connectivity index (χ4v) is 2.18. The highest BCUT2D eigenvalue weighted by Gasteiger charge is 2.41. The Hall–Kier alpha value is -0.500. The normalized spacial score (nSPS) is 34.8. The van der Waals surface area contributed by atoms with Crippen LogP contribution in [0, 0.1) is 11.8 Å². The summed E-state index contributed by atoms with van der Waals surface area (Å²) in [5, 5.41) is 3.37. The fraction of sp³-hybridized carbons (Fsp3) is 0.818. The maximum absolute atomic E-state index is 5.68. The predicted molar refractivity (Wildman–Crippen MR) is 53.4 cm³/mol. The molecule has 0 amide bonds. The molecule has 1 fully saturated rings. The van der Waals surface area contributed by atoms with E-state index < -0.39 is 0 Å². The molecule has 1 heterocycles. The van der Waals surface area contributed by atoms with Gasteiger partial charge in [-0.05, 0) is 44.2 Å². The van der Waals surface area contributed by atoms with Crippen LogP contribution in [0.3, 0.4) is 0 Å². The summed E-state index contributed by atoms with van der Waals surface area (Å²) < 4.78 is 5.68. The van der Waals surface area contributed by atoms with Gasteiger partial charge in [0, 0.05) is 0 Å². The molecular weight excluding hydrogens is 162 g/mol. The zero-order valence-electron chi connectivity index (χ0n) is 8.55. The highest BCUT2D eigenvalue weighted by molar-refractivity contribution is 5.11.